The quantitative estimate of drug-likeness (QED) is 0.786. The van der Waals surface area contributed by atoms with E-state index in [0.29, 0.717) is 0 Å². The predicted octanol–water partition coefficient (Wildman–Crippen LogP) is 2.94. The predicted molar refractivity (Wildman–Crippen MR) is 74.9 cm³/mol. The lowest BCUT2D eigenvalue weighted by atomic mass is 10.2. The van der Waals surface area contributed by atoms with Gasteiger partial charge in [-0.2, -0.15) is 11.8 Å². The third-order valence-electron chi connectivity index (χ3n) is 2.93. The Kier molecular flexibility index (Phi) is 5.73. The SMILES string of the molecule is c1ccc(OCCCNC2CCCSC2)cc1. The number of benzene rings is 1. The maximum atomic E-state index is 5.65. The highest BCUT2D eigenvalue weighted by Crippen LogP contribution is 2.16. The van der Waals surface area contributed by atoms with Crippen LogP contribution in [0.3, 0.4) is 0 Å². The van der Waals surface area contributed by atoms with E-state index in [4.69, 9.17) is 4.74 Å². The van der Waals surface area contributed by atoms with Gasteiger partial charge in [-0.15, -0.1) is 0 Å². The van der Waals surface area contributed by atoms with E-state index in [1.165, 1.54) is 24.3 Å². The molecule has 1 aromatic carbocycles. The van der Waals surface area contributed by atoms with Crippen LogP contribution in [0.5, 0.6) is 5.75 Å². The summed E-state index contributed by atoms with van der Waals surface area (Å²) >= 11 is 2.07. The van der Waals surface area contributed by atoms with Crippen LogP contribution < -0.4 is 10.1 Å². The standard InChI is InChI=1S/C14H21NOS/c1-2-7-14(8-3-1)16-10-5-9-15-13-6-4-11-17-12-13/h1-3,7-8,13,15H,4-6,9-12H2. The Morgan fingerprint density at radius 2 is 2.18 bits per heavy atom. The maximum absolute atomic E-state index is 5.65. The molecule has 17 heavy (non-hydrogen) atoms. The average molecular weight is 251 g/mol. The molecule has 0 bridgehead atoms. The Morgan fingerprint density at radius 3 is 2.94 bits per heavy atom. The molecule has 0 radical (unpaired) electrons. The van der Waals surface area contributed by atoms with Gasteiger partial charge in [0.1, 0.15) is 5.75 Å². The van der Waals surface area contributed by atoms with Crippen molar-refractivity contribution >= 4 is 11.8 Å². The van der Waals surface area contributed by atoms with Crippen LogP contribution in [0.2, 0.25) is 0 Å². The van der Waals surface area contributed by atoms with Crippen LogP contribution in [-0.2, 0) is 0 Å². The van der Waals surface area contributed by atoms with Gasteiger partial charge in [0.2, 0.25) is 0 Å². The van der Waals surface area contributed by atoms with Crippen LogP contribution >= 0.6 is 11.8 Å². The summed E-state index contributed by atoms with van der Waals surface area (Å²) in [5.41, 5.74) is 0. The molecule has 2 rings (SSSR count). The van der Waals surface area contributed by atoms with E-state index < -0.39 is 0 Å². The van der Waals surface area contributed by atoms with E-state index in [1.807, 2.05) is 30.3 Å². The molecule has 1 aliphatic rings. The average Bonchev–Trinajstić information content (AvgIpc) is 2.41. The molecule has 1 aliphatic heterocycles. The van der Waals surface area contributed by atoms with Crippen molar-refractivity contribution in [3.8, 4) is 5.75 Å². The zero-order valence-electron chi connectivity index (χ0n) is 10.2. The lowest BCUT2D eigenvalue weighted by Crippen LogP contribution is -2.34. The van der Waals surface area contributed by atoms with Gasteiger partial charge in [0, 0.05) is 11.8 Å². The summed E-state index contributed by atoms with van der Waals surface area (Å²) in [6, 6.07) is 10.8. The van der Waals surface area contributed by atoms with E-state index in [-0.39, 0.29) is 0 Å². The van der Waals surface area contributed by atoms with Gasteiger partial charge in [0.05, 0.1) is 6.61 Å². The normalized spacial score (nSPS) is 20.1. The fraction of sp³-hybridized carbons (Fsp3) is 0.571. The molecule has 1 N–H and O–H groups in total. The van der Waals surface area contributed by atoms with E-state index >= 15 is 0 Å². The van der Waals surface area contributed by atoms with Crippen LogP contribution in [0, 0.1) is 0 Å². The summed E-state index contributed by atoms with van der Waals surface area (Å²) in [7, 11) is 0. The molecule has 1 saturated heterocycles. The molecule has 3 heteroatoms. The number of ether oxygens (including phenoxy) is 1. The highest BCUT2D eigenvalue weighted by Gasteiger charge is 2.11. The van der Waals surface area contributed by atoms with Gasteiger partial charge in [-0.05, 0) is 43.7 Å². The van der Waals surface area contributed by atoms with Crippen molar-refractivity contribution < 1.29 is 4.74 Å². The molecule has 1 heterocycles. The molecule has 0 aromatic heterocycles. The molecule has 0 saturated carbocycles. The molecule has 1 fully saturated rings. The van der Waals surface area contributed by atoms with Gasteiger partial charge in [-0.1, -0.05) is 18.2 Å². The second-order valence-corrected chi connectivity index (χ2v) is 5.53. The number of thioether (sulfide) groups is 1. The lowest BCUT2D eigenvalue weighted by molar-refractivity contribution is 0.304. The van der Waals surface area contributed by atoms with Gasteiger partial charge in [0.15, 0.2) is 0 Å². The lowest BCUT2D eigenvalue weighted by Gasteiger charge is -2.22. The molecule has 0 aliphatic carbocycles. The van der Waals surface area contributed by atoms with Crippen molar-refractivity contribution in [3.63, 3.8) is 0 Å². The van der Waals surface area contributed by atoms with Gasteiger partial charge >= 0.3 is 0 Å². The van der Waals surface area contributed by atoms with E-state index in [9.17, 15) is 0 Å². The second-order valence-electron chi connectivity index (χ2n) is 4.38. The summed E-state index contributed by atoms with van der Waals surface area (Å²) < 4.78 is 5.65. The van der Waals surface area contributed by atoms with Crippen LogP contribution in [0.15, 0.2) is 30.3 Å². The first-order valence-corrected chi connectivity index (χ1v) is 7.59. The summed E-state index contributed by atoms with van der Waals surface area (Å²) in [4.78, 5) is 0. The van der Waals surface area contributed by atoms with Crippen molar-refractivity contribution in [1.29, 1.82) is 0 Å². The molecule has 1 atom stereocenters. The Bertz CT molecular complexity index is 298. The monoisotopic (exact) mass is 251 g/mol. The molecule has 0 spiro atoms. The van der Waals surface area contributed by atoms with Gasteiger partial charge < -0.3 is 10.1 Å². The number of nitrogens with one attached hydrogen (secondary N) is 1. The molecular formula is C14H21NOS. The summed E-state index contributed by atoms with van der Waals surface area (Å²) in [6.45, 7) is 1.87. The highest BCUT2D eigenvalue weighted by atomic mass is 32.2. The Balaban J connectivity index is 1.51. The molecule has 0 amide bonds. The van der Waals surface area contributed by atoms with Crippen molar-refractivity contribution in [2.24, 2.45) is 0 Å². The Hall–Kier alpha value is -0.670. The topological polar surface area (TPSA) is 21.3 Å². The molecule has 2 nitrogen and oxygen atoms in total. The fourth-order valence-electron chi connectivity index (χ4n) is 1.99. The van der Waals surface area contributed by atoms with Crippen molar-refractivity contribution in [2.75, 3.05) is 24.7 Å². The van der Waals surface area contributed by atoms with Crippen molar-refractivity contribution in [1.82, 2.24) is 5.32 Å². The minimum absolute atomic E-state index is 0.727. The van der Waals surface area contributed by atoms with Crippen LogP contribution in [0.1, 0.15) is 19.3 Å². The van der Waals surface area contributed by atoms with E-state index in [1.54, 1.807) is 0 Å². The first kappa shape index (κ1) is 12.8. The molecule has 1 aromatic rings. The third kappa shape index (κ3) is 5.00. The maximum Gasteiger partial charge on any atom is 0.119 e. The summed E-state index contributed by atoms with van der Waals surface area (Å²) in [5, 5.41) is 3.61. The van der Waals surface area contributed by atoms with Crippen molar-refractivity contribution in [3.05, 3.63) is 30.3 Å². The third-order valence-corrected chi connectivity index (χ3v) is 4.14. The Morgan fingerprint density at radius 1 is 1.29 bits per heavy atom. The summed E-state index contributed by atoms with van der Waals surface area (Å²) in [6.07, 6.45) is 3.78. The molecule has 94 valence electrons. The second kappa shape index (κ2) is 7.62. The van der Waals surface area contributed by atoms with Crippen LogP contribution in [-0.4, -0.2) is 30.7 Å². The minimum atomic E-state index is 0.727. The van der Waals surface area contributed by atoms with E-state index in [2.05, 4.69) is 17.1 Å². The van der Waals surface area contributed by atoms with Crippen LogP contribution in [0.25, 0.3) is 0 Å². The zero-order valence-corrected chi connectivity index (χ0v) is 11.0. The first-order chi connectivity index (χ1) is 8.45. The minimum Gasteiger partial charge on any atom is -0.494 e. The zero-order chi connectivity index (χ0) is 11.8. The van der Waals surface area contributed by atoms with Gasteiger partial charge in [0.25, 0.3) is 0 Å². The highest BCUT2D eigenvalue weighted by molar-refractivity contribution is 7.99. The number of para-hydroxylation sites is 1. The van der Waals surface area contributed by atoms with Gasteiger partial charge in [-0.3, -0.25) is 0 Å². The Labute approximate surface area is 108 Å². The fourth-order valence-corrected chi connectivity index (χ4v) is 3.09. The van der Waals surface area contributed by atoms with E-state index in [0.717, 1.165) is 31.4 Å². The van der Waals surface area contributed by atoms with Crippen molar-refractivity contribution in [2.45, 2.75) is 25.3 Å². The largest absolute Gasteiger partial charge is 0.494 e. The summed E-state index contributed by atoms with van der Waals surface area (Å²) in [5.74, 6) is 3.59. The van der Waals surface area contributed by atoms with Crippen LogP contribution in [0.4, 0.5) is 0 Å². The molecular weight excluding hydrogens is 230 g/mol. The molecule has 1 unspecified atom stereocenters. The number of rotatable bonds is 6. The first-order valence-electron chi connectivity index (χ1n) is 6.44. The number of hydrogen-bond donors (Lipinski definition) is 1. The number of hydrogen-bond acceptors (Lipinski definition) is 3. The van der Waals surface area contributed by atoms with Gasteiger partial charge in [-0.25, -0.2) is 0 Å². The smallest absolute Gasteiger partial charge is 0.119 e.